The van der Waals surface area contributed by atoms with Gasteiger partial charge in [0.25, 0.3) is 0 Å². The molecular weight excluding hydrogens is 1220 g/mol. The van der Waals surface area contributed by atoms with Crippen LogP contribution in [-0.4, -0.2) is 39.9 Å². The van der Waals surface area contributed by atoms with Crippen LogP contribution in [0.4, 0.5) is 8.78 Å². The Bertz CT molecular complexity index is 4520. The summed E-state index contributed by atoms with van der Waals surface area (Å²) in [5, 5.41) is 31.2. The summed E-state index contributed by atoms with van der Waals surface area (Å²) in [5.74, 6) is 0.298. The lowest BCUT2D eigenvalue weighted by Crippen LogP contribution is -2.47. The maximum Gasteiger partial charge on any atom is 0.237 e. The number of fused-ring (bicyclic) bond motifs is 6. The number of nitrogens with zero attached hydrogens (tertiary/aromatic N) is 2. The molecule has 0 saturated carbocycles. The number of aromatic hydroxyl groups is 2. The van der Waals surface area contributed by atoms with Crippen LogP contribution >= 0.6 is 0 Å². The molecule has 0 atom stereocenters. The lowest BCUT2D eigenvalue weighted by Gasteiger charge is -2.39. The monoisotopic (exact) mass is 1330 g/mol. The second kappa shape index (κ2) is 25.1. The van der Waals surface area contributed by atoms with Crippen LogP contribution < -0.4 is 4.74 Å². The Labute approximate surface area is 581 Å². The molecule has 10 aromatic rings. The molecule has 0 fully saturated rings. The minimum absolute atomic E-state index is 0.0277. The van der Waals surface area contributed by atoms with Crippen molar-refractivity contribution in [2.75, 3.05) is 12.5 Å². The highest BCUT2D eigenvalue weighted by Gasteiger charge is 2.40. The number of hydrogen-bond donors (Lipinski definition) is 2. The minimum atomic E-state index is -2.66. The number of aromatic nitrogens is 2. The molecule has 0 spiro atoms. The molecule has 0 aliphatic carbocycles. The standard InChI is InChI=1S/C88H112F2N2O4Si/c1-27-97(28-2,52-95-77-38-33-61(89)48-67(77)68-40-59(87(22,23)50-81(4,5)6)46-75(78(68)93)91-71-42-55(83(10,11)12)29-34-63(71)64-35-30-56(43-72(64)91)84(13,14)15)53-96(26)80-54(3)39-62(90)49-70(80)69-41-60(88(24,25)51-82(7,8)9)47-76(79(69)94)92-73-44-57(85(16,17)18)31-36-65(73)66-37-32-58(45-74(66)92)86(19,20)21/h29-49,93-94H,26-28,50-53H2,1-25H3. The van der Waals surface area contributed by atoms with Gasteiger partial charge in [0.15, 0.2) is 8.07 Å². The highest BCUT2D eigenvalue weighted by molar-refractivity contribution is 6.79. The van der Waals surface area contributed by atoms with E-state index in [1.807, 2.05) is 6.92 Å². The van der Waals surface area contributed by atoms with Crippen LogP contribution in [0.15, 0.2) is 127 Å². The molecule has 0 aliphatic heterocycles. The molecule has 2 heterocycles. The van der Waals surface area contributed by atoms with Crippen molar-refractivity contribution in [1.82, 2.24) is 9.13 Å². The second-order valence-corrected chi connectivity index (χ2v) is 41.5. The molecule has 6 nitrogen and oxygen atoms in total. The van der Waals surface area contributed by atoms with Gasteiger partial charge in [-0.1, -0.05) is 215 Å². The smallest absolute Gasteiger partial charge is 0.237 e. The van der Waals surface area contributed by atoms with Crippen LogP contribution in [0.2, 0.25) is 12.1 Å². The van der Waals surface area contributed by atoms with Gasteiger partial charge in [0.2, 0.25) is 5.75 Å². The quantitative estimate of drug-likeness (QED) is 0.0576. The Morgan fingerprint density at radius 1 is 0.423 bits per heavy atom. The fraction of sp³-hybridized carbons (Fsp3) is 0.443. The molecule has 0 amide bonds. The van der Waals surface area contributed by atoms with E-state index in [1.54, 1.807) is 18.2 Å². The third kappa shape index (κ3) is 14.4. The van der Waals surface area contributed by atoms with Crippen LogP contribution in [0, 0.1) is 36.5 Å². The van der Waals surface area contributed by atoms with Crippen molar-refractivity contribution in [2.45, 2.75) is 231 Å². The van der Waals surface area contributed by atoms with Crippen LogP contribution in [0.3, 0.4) is 0 Å². The van der Waals surface area contributed by atoms with Gasteiger partial charge in [-0.25, -0.2) is 8.78 Å². The van der Waals surface area contributed by atoms with E-state index in [2.05, 4.69) is 277 Å². The van der Waals surface area contributed by atoms with Crippen LogP contribution in [0.5, 0.6) is 23.0 Å². The van der Waals surface area contributed by atoms with Gasteiger partial charge in [0.05, 0.1) is 45.2 Å². The first-order valence-corrected chi connectivity index (χ1v) is 38.2. The first-order chi connectivity index (χ1) is 44.7. The number of rotatable bonds is 16. The summed E-state index contributed by atoms with van der Waals surface area (Å²) in [6.07, 6.45) is 2.42. The predicted molar refractivity (Wildman–Crippen MR) is 412 cm³/mol. The lowest BCUT2D eigenvalue weighted by molar-refractivity contribution is 0.0637. The second-order valence-electron chi connectivity index (χ2n) is 36.5. The maximum absolute atomic E-state index is 16.7. The van der Waals surface area contributed by atoms with Gasteiger partial charge in [0.1, 0.15) is 35.1 Å². The summed E-state index contributed by atoms with van der Waals surface area (Å²) in [6.45, 7) is 55.7. The van der Waals surface area contributed by atoms with Gasteiger partial charge < -0.3 is 28.5 Å². The number of aryl methyl sites for hydroxylation is 1. The summed E-state index contributed by atoms with van der Waals surface area (Å²) in [7, 11) is 2.12. The van der Waals surface area contributed by atoms with E-state index in [-0.39, 0.29) is 44.0 Å². The molecule has 2 aromatic heterocycles. The molecule has 97 heavy (non-hydrogen) atoms. The molecule has 0 unspecified atom stereocenters. The minimum Gasteiger partial charge on any atom is -0.714 e. The third-order valence-corrected chi connectivity index (χ3v) is 25.4. The van der Waals surface area contributed by atoms with Gasteiger partial charge >= 0.3 is 0 Å². The van der Waals surface area contributed by atoms with Crippen LogP contribution in [-0.2, 0) is 36.9 Å². The molecule has 10 rings (SSSR count). The maximum atomic E-state index is 16.7. The zero-order valence-corrected chi connectivity index (χ0v) is 64.4. The molecule has 516 valence electrons. The summed E-state index contributed by atoms with van der Waals surface area (Å²) in [6, 6.07) is 44.7. The molecule has 9 heteroatoms. The lowest BCUT2D eigenvalue weighted by atomic mass is 9.71. The Kier molecular flexibility index (Phi) is 18.7. The SMILES string of the molecule is [CH2-][O+](C[Si](CC)(CC)COc1ccc(F)cc1-c1cc(C(C)(C)CC(C)(C)C)cc(-n2c3cc(C(C)(C)C)ccc3c3ccc(C(C)(C)C)cc32)c1O)c1c(C)cc(F)cc1-c1cc(C(C)(C)CC(C)(C)C)cc(-n2c3cc(C(C)(C)C)ccc3c3ccc(C(C)(C)C)cc32)c1O. The van der Waals surface area contributed by atoms with Crippen molar-refractivity contribution in [2.24, 2.45) is 10.8 Å². The zero-order valence-electron chi connectivity index (χ0n) is 63.4. The number of phenols is 2. The van der Waals surface area contributed by atoms with E-state index in [1.165, 1.54) is 34.4 Å². The van der Waals surface area contributed by atoms with E-state index >= 15 is 8.78 Å². The van der Waals surface area contributed by atoms with Crippen molar-refractivity contribution in [3.05, 3.63) is 185 Å². The fourth-order valence-electron chi connectivity index (χ4n) is 15.6. The molecule has 0 bridgehead atoms. The van der Waals surface area contributed by atoms with E-state index in [4.69, 9.17) is 11.8 Å². The Hall–Kier alpha value is -7.36. The van der Waals surface area contributed by atoms with Crippen molar-refractivity contribution in [3.8, 4) is 56.6 Å². The summed E-state index contributed by atoms with van der Waals surface area (Å²) >= 11 is 0. The van der Waals surface area contributed by atoms with E-state index in [0.29, 0.717) is 63.2 Å². The predicted octanol–water partition coefficient (Wildman–Crippen LogP) is 25.5. The average molecular weight is 1330 g/mol. The van der Waals surface area contributed by atoms with Crippen molar-refractivity contribution >= 4 is 51.7 Å². The molecule has 2 N–H and O–H groups in total. The number of phenolic OH excluding ortho intramolecular Hbond substituents is 2. The Morgan fingerprint density at radius 3 is 1.11 bits per heavy atom. The molecule has 0 aliphatic rings. The van der Waals surface area contributed by atoms with Gasteiger partial charge in [-0.05, 0) is 195 Å². The van der Waals surface area contributed by atoms with E-state index in [0.717, 1.165) is 79.7 Å². The number of benzene rings is 8. The normalized spacial score (nSPS) is 13.5. The fourth-order valence-corrected chi connectivity index (χ4v) is 18.3. The van der Waals surface area contributed by atoms with Gasteiger partial charge in [-0.2, -0.15) is 0 Å². The van der Waals surface area contributed by atoms with Crippen molar-refractivity contribution in [3.63, 3.8) is 0 Å². The summed E-state index contributed by atoms with van der Waals surface area (Å²) in [4.78, 5) is 0. The Balaban J connectivity index is 1.13. The number of ether oxygens (including phenoxy) is 1. The molecular formula is C88H112F2N2O4Si. The van der Waals surface area contributed by atoms with Crippen molar-refractivity contribution in [1.29, 1.82) is 0 Å². The van der Waals surface area contributed by atoms with Crippen LogP contribution in [0.1, 0.15) is 218 Å². The van der Waals surface area contributed by atoms with Gasteiger partial charge in [-0.15, -0.1) is 0 Å². The first kappa shape index (κ1) is 72.4. The molecule has 0 radical (unpaired) electrons. The highest BCUT2D eigenvalue weighted by Crippen LogP contribution is 2.53. The first-order valence-electron chi connectivity index (χ1n) is 35.3. The van der Waals surface area contributed by atoms with E-state index in [9.17, 15) is 10.2 Å². The van der Waals surface area contributed by atoms with Gasteiger partial charge in [-0.3, -0.25) is 0 Å². The average Bonchev–Trinajstić information content (AvgIpc) is 1.61. The Morgan fingerprint density at radius 2 is 0.773 bits per heavy atom. The van der Waals surface area contributed by atoms with Crippen LogP contribution in [0.25, 0.3) is 77.2 Å². The largest absolute Gasteiger partial charge is 0.714 e. The highest BCUT2D eigenvalue weighted by atomic mass is 28.3. The molecule has 0 saturated heterocycles. The van der Waals surface area contributed by atoms with Gasteiger partial charge in [0, 0.05) is 43.8 Å². The third-order valence-electron chi connectivity index (χ3n) is 20.7. The molecule has 8 aromatic carbocycles. The zero-order chi connectivity index (χ0) is 71.6. The summed E-state index contributed by atoms with van der Waals surface area (Å²) in [5.41, 5.74) is 13.0. The van der Waals surface area contributed by atoms with Crippen molar-refractivity contribution < 1.29 is 28.1 Å². The number of halogens is 2. The van der Waals surface area contributed by atoms with E-state index < -0.39 is 30.5 Å². The number of hydrogen-bond acceptors (Lipinski definition) is 3. The summed E-state index contributed by atoms with van der Waals surface area (Å²) < 4.78 is 48.0. The topological polar surface area (TPSA) is 62.2 Å².